The zero-order valence-corrected chi connectivity index (χ0v) is 20.0. The number of benzene rings is 1. The third-order valence-corrected chi connectivity index (χ3v) is 5.70. The number of anilines is 1. The first kappa shape index (κ1) is 23.9. The molecule has 0 unspecified atom stereocenters. The van der Waals surface area contributed by atoms with Gasteiger partial charge in [-0.3, -0.25) is 10.1 Å². The van der Waals surface area contributed by atoms with Crippen molar-refractivity contribution in [2.75, 3.05) is 11.9 Å². The van der Waals surface area contributed by atoms with Gasteiger partial charge in [0.25, 0.3) is 5.91 Å². The molecule has 32 heavy (non-hydrogen) atoms. The first-order valence-corrected chi connectivity index (χ1v) is 12.1. The average molecular weight is 473 g/mol. The Balaban J connectivity index is 1.41. The Labute approximate surface area is 197 Å². The topological polar surface area (TPSA) is 89.3 Å². The summed E-state index contributed by atoms with van der Waals surface area (Å²) in [6.07, 6.45) is 7.40. The minimum atomic E-state index is -0.455. The highest BCUT2D eigenvalue weighted by Crippen LogP contribution is 2.22. The van der Waals surface area contributed by atoms with Crippen LogP contribution in [0.25, 0.3) is 11.5 Å². The van der Waals surface area contributed by atoms with Crippen molar-refractivity contribution >= 4 is 40.3 Å². The molecule has 1 aromatic carbocycles. The second-order valence-corrected chi connectivity index (χ2v) is 8.85. The third kappa shape index (κ3) is 7.42. The molecule has 0 spiro atoms. The van der Waals surface area contributed by atoms with Crippen LogP contribution < -0.4 is 15.4 Å². The quantitative estimate of drug-likeness (QED) is 0.262. The van der Waals surface area contributed by atoms with Crippen molar-refractivity contribution in [3.05, 3.63) is 46.4 Å². The lowest BCUT2D eigenvalue weighted by molar-refractivity contribution is 0.0969. The van der Waals surface area contributed by atoms with Crippen LogP contribution in [0.1, 0.15) is 60.9 Å². The molecule has 170 valence electrons. The molecule has 0 saturated heterocycles. The van der Waals surface area contributed by atoms with E-state index in [0.717, 1.165) is 22.9 Å². The summed E-state index contributed by atoms with van der Waals surface area (Å²) in [5, 5.41) is 12.3. The summed E-state index contributed by atoms with van der Waals surface area (Å²) in [6.45, 7) is 4.84. The predicted octanol–water partition coefficient (Wildman–Crippen LogP) is 5.97. The number of hydrogen-bond donors (Lipinski definition) is 2. The van der Waals surface area contributed by atoms with Crippen LogP contribution >= 0.6 is 23.6 Å². The van der Waals surface area contributed by atoms with Crippen LogP contribution in [0.3, 0.4) is 0 Å². The lowest BCUT2D eigenvalue weighted by atomic mass is 10.1. The third-order valence-electron chi connectivity index (χ3n) is 4.72. The Hall–Kier alpha value is -2.78. The number of ether oxygens (including phenoxy) is 1. The summed E-state index contributed by atoms with van der Waals surface area (Å²) in [7, 11) is 0. The Morgan fingerprint density at radius 3 is 2.62 bits per heavy atom. The van der Waals surface area contributed by atoms with Crippen LogP contribution in [-0.4, -0.2) is 27.8 Å². The fraction of sp³-hybridized carbons (Fsp3) is 0.391. The number of amides is 1. The maximum absolute atomic E-state index is 12.4. The van der Waals surface area contributed by atoms with Gasteiger partial charge in [0, 0.05) is 17.1 Å². The monoisotopic (exact) mass is 472 g/mol. The first-order chi connectivity index (χ1) is 15.5. The molecule has 9 heteroatoms. The summed E-state index contributed by atoms with van der Waals surface area (Å²) >= 11 is 6.73. The highest BCUT2D eigenvalue weighted by Gasteiger charge is 2.16. The van der Waals surface area contributed by atoms with Crippen molar-refractivity contribution in [2.24, 2.45) is 0 Å². The number of rotatable bonds is 11. The second kappa shape index (κ2) is 12.3. The van der Waals surface area contributed by atoms with E-state index < -0.39 is 5.91 Å². The lowest BCUT2D eigenvalue weighted by Gasteiger charge is -2.10. The zero-order valence-electron chi connectivity index (χ0n) is 18.3. The molecule has 1 amide bonds. The molecule has 0 aliphatic rings. The summed E-state index contributed by atoms with van der Waals surface area (Å²) in [5.41, 5.74) is 1.54. The number of unbranched alkanes of at least 4 members (excludes halogenated alkanes) is 5. The number of nitrogens with zero attached hydrogens (tertiary/aromatic N) is 2. The van der Waals surface area contributed by atoms with Crippen LogP contribution in [0.4, 0.5) is 5.69 Å². The molecule has 0 saturated carbocycles. The van der Waals surface area contributed by atoms with Crippen LogP contribution in [-0.2, 0) is 0 Å². The van der Waals surface area contributed by atoms with Crippen molar-refractivity contribution in [1.82, 2.24) is 15.5 Å². The van der Waals surface area contributed by atoms with E-state index >= 15 is 0 Å². The van der Waals surface area contributed by atoms with E-state index in [1.165, 1.54) is 43.4 Å². The fourth-order valence-electron chi connectivity index (χ4n) is 3.02. The maximum atomic E-state index is 12.4. The minimum Gasteiger partial charge on any atom is -0.494 e. The Bertz CT molecular complexity index is 1010. The van der Waals surface area contributed by atoms with Crippen molar-refractivity contribution in [2.45, 2.75) is 52.4 Å². The Kier molecular flexibility index (Phi) is 9.18. The van der Waals surface area contributed by atoms with Gasteiger partial charge in [-0.25, -0.2) is 4.98 Å². The zero-order chi connectivity index (χ0) is 22.8. The molecule has 0 fully saturated rings. The largest absolute Gasteiger partial charge is 0.494 e. The van der Waals surface area contributed by atoms with E-state index in [4.69, 9.17) is 21.5 Å². The molecular weight excluding hydrogens is 444 g/mol. The van der Waals surface area contributed by atoms with Gasteiger partial charge in [0.05, 0.1) is 11.6 Å². The number of thiazole rings is 1. The molecule has 3 rings (SSSR count). The second-order valence-electron chi connectivity index (χ2n) is 7.38. The number of aryl methyl sites for hydroxylation is 1. The van der Waals surface area contributed by atoms with Crippen LogP contribution in [0.5, 0.6) is 5.75 Å². The van der Waals surface area contributed by atoms with Gasteiger partial charge in [0.2, 0.25) is 0 Å². The molecule has 7 nitrogen and oxygen atoms in total. The first-order valence-electron chi connectivity index (χ1n) is 10.8. The SMILES string of the molecule is CCCCCCCCOc1ccc(NC(=S)NC(=O)c2cc(-c3csc(C)n3)on2)cc1. The van der Waals surface area contributed by atoms with Gasteiger partial charge in [-0.05, 0) is 49.8 Å². The van der Waals surface area contributed by atoms with Crippen molar-refractivity contribution in [3.8, 4) is 17.2 Å². The van der Waals surface area contributed by atoms with Gasteiger partial charge in [-0.15, -0.1) is 11.3 Å². The van der Waals surface area contributed by atoms with E-state index in [2.05, 4.69) is 27.7 Å². The molecule has 2 heterocycles. The molecule has 0 aliphatic carbocycles. The van der Waals surface area contributed by atoms with Gasteiger partial charge in [-0.2, -0.15) is 0 Å². The Morgan fingerprint density at radius 2 is 1.91 bits per heavy atom. The van der Waals surface area contributed by atoms with Gasteiger partial charge in [0.1, 0.15) is 11.4 Å². The van der Waals surface area contributed by atoms with Gasteiger partial charge in [-0.1, -0.05) is 44.2 Å². The molecule has 0 bridgehead atoms. The molecule has 2 N–H and O–H groups in total. The predicted molar refractivity (Wildman–Crippen MR) is 131 cm³/mol. The van der Waals surface area contributed by atoms with E-state index in [1.807, 2.05) is 36.6 Å². The summed E-state index contributed by atoms with van der Waals surface area (Å²) in [5.74, 6) is 0.796. The number of nitrogens with one attached hydrogen (secondary N) is 2. The van der Waals surface area contributed by atoms with Crippen molar-refractivity contribution in [1.29, 1.82) is 0 Å². The van der Waals surface area contributed by atoms with Gasteiger partial charge < -0.3 is 14.6 Å². The van der Waals surface area contributed by atoms with Gasteiger partial charge >= 0.3 is 0 Å². The normalized spacial score (nSPS) is 10.7. The highest BCUT2D eigenvalue weighted by molar-refractivity contribution is 7.80. The summed E-state index contributed by atoms with van der Waals surface area (Å²) in [6, 6.07) is 9.01. The maximum Gasteiger partial charge on any atom is 0.279 e. The van der Waals surface area contributed by atoms with E-state index in [9.17, 15) is 4.79 Å². The lowest BCUT2D eigenvalue weighted by Crippen LogP contribution is -2.34. The number of hydrogen-bond acceptors (Lipinski definition) is 7. The average Bonchev–Trinajstić information content (AvgIpc) is 3.43. The van der Waals surface area contributed by atoms with Crippen LogP contribution in [0.15, 0.2) is 40.2 Å². The highest BCUT2D eigenvalue weighted by atomic mass is 32.1. The van der Waals surface area contributed by atoms with E-state index in [1.54, 1.807) is 6.07 Å². The molecule has 2 aromatic heterocycles. The van der Waals surface area contributed by atoms with Crippen molar-refractivity contribution < 1.29 is 14.1 Å². The summed E-state index contributed by atoms with van der Waals surface area (Å²) in [4.78, 5) is 16.7. The van der Waals surface area contributed by atoms with E-state index in [0.29, 0.717) is 18.1 Å². The minimum absolute atomic E-state index is 0.133. The standard InChI is InChI=1S/C23H28N4O3S2/c1-3-4-5-6-7-8-13-29-18-11-9-17(10-12-18)25-23(31)26-22(28)19-14-21(30-27-19)20-15-32-16(2)24-20/h9-12,14-15H,3-8,13H2,1-2H3,(H2,25,26,28,31). The number of aromatic nitrogens is 2. The van der Waals surface area contributed by atoms with Crippen LogP contribution in [0.2, 0.25) is 0 Å². The van der Waals surface area contributed by atoms with E-state index in [-0.39, 0.29) is 10.8 Å². The number of carbonyl (C=O) groups is 1. The molecule has 3 aromatic rings. The summed E-state index contributed by atoms with van der Waals surface area (Å²) < 4.78 is 11.0. The molecular formula is C23H28N4O3S2. The molecule has 0 atom stereocenters. The number of thiocarbonyl (C=S) groups is 1. The number of carbonyl (C=O) groups excluding carboxylic acids is 1. The Morgan fingerprint density at radius 1 is 1.16 bits per heavy atom. The van der Waals surface area contributed by atoms with Crippen molar-refractivity contribution in [3.63, 3.8) is 0 Å². The van der Waals surface area contributed by atoms with Gasteiger partial charge in [0.15, 0.2) is 16.6 Å². The smallest absolute Gasteiger partial charge is 0.279 e. The molecule has 0 radical (unpaired) electrons. The molecule has 0 aliphatic heterocycles. The van der Waals surface area contributed by atoms with Crippen LogP contribution in [0, 0.1) is 6.92 Å². The fourth-order valence-corrected chi connectivity index (χ4v) is 3.83.